The predicted molar refractivity (Wildman–Crippen MR) is 63.5 cm³/mol. The monoisotopic (exact) mass is 228 g/mol. The Morgan fingerprint density at radius 2 is 2.00 bits per heavy atom. The van der Waals surface area contributed by atoms with Crippen molar-refractivity contribution in [3.8, 4) is 0 Å². The maximum absolute atomic E-state index is 11.7. The first-order valence-electron chi connectivity index (χ1n) is 6.37. The van der Waals surface area contributed by atoms with Crippen LogP contribution in [0.2, 0.25) is 0 Å². The second kappa shape index (κ2) is 5.78. The van der Waals surface area contributed by atoms with Crippen molar-refractivity contribution in [1.82, 2.24) is 0 Å². The smallest absolute Gasteiger partial charge is 0.144 e. The number of rotatable bonds is 7. The Labute approximate surface area is 98.5 Å². The van der Waals surface area contributed by atoms with E-state index in [1.54, 1.807) is 0 Å². The number of ketones is 1. The van der Waals surface area contributed by atoms with Crippen molar-refractivity contribution in [1.29, 1.82) is 0 Å². The molecule has 1 aliphatic rings. The Kier molecular flexibility index (Phi) is 4.93. The van der Waals surface area contributed by atoms with Gasteiger partial charge >= 0.3 is 0 Å². The second-order valence-corrected chi connectivity index (χ2v) is 4.59. The number of hydrogen-bond acceptors (Lipinski definition) is 3. The lowest BCUT2D eigenvalue weighted by Crippen LogP contribution is -2.55. The first-order valence-corrected chi connectivity index (χ1v) is 6.37. The standard InChI is InChI=1S/C13H24O3/c1-5-13(6-2)11(14)8-12(13)16-10(4)9-15-7-3/h10,12H,5-9H2,1-4H3. The number of carbonyl (C=O) groups is 1. The van der Waals surface area contributed by atoms with E-state index in [9.17, 15) is 4.79 Å². The molecule has 0 aromatic rings. The van der Waals surface area contributed by atoms with Gasteiger partial charge in [0, 0.05) is 13.0 Å². The summed E-state index contributed by atoms with van der Waals surface area (Å²) in [6, 6.07) is 0. The predicted octanol–water partition coefficient (Wildman–Crippen LogP) is 2.58. The van der Waals surface area contributed by atoms with Crippen molar-refractivity contribution in [2.24, 2.45) is 5.41 Å². The normalized spacial score (nSPS) is 25.2. The summed E-state index contributed by atoms with van der Waals surface area (Å²) in [5, 5.41) is 0. The summed E-state index contributed by atoms with van der Waals surface area (Å²) in [5.41, 5.74) is -0.208. The minimum absolute atomic E-state index is 0.0792. The average Bonchev–Trinajstić information content (AvgIpc) is 2.27. The van der Waals surface area contributed by atoms with E-state index in [-0.39, 0.29) is 17.6 Å². The Morgan fingerprint density at radius 1 is 1.38 bits per heavy atom. The van der Waals surface area contributed by atoms with Gasteiger partial charge < -0.3 is 9.47 Å². The first-order chi connectivity index (χ1) is 7.60. The Hall–Kier alpha value is -0.410. The molecule has 0 amide bonds. The summed E-state index contributed by atoms with van der Waals surface area (Å²) < 4.78 is 11.2. The molecule has 2 unspecified atom stereocenters. The average molecular weight is 228 g/mol. The lowest BCUT2D eigenvalue weighted by atomic mass is 9.61. The number of ether oxygens (including phenoxy) is 2. The van der Waals surface area contributed by atoms with Gasteiger partial charge in [0.2, 0.25) is 0 Å². The molecule has 1 saturated carbocycles. The zero-order valence-electron chi connectivity index (χ0n) is 10.9. The molecule has 1 fully saturated rings. The van der Waals surface area contributed by atoms with Gasteiger partial charge in [0.1, 0.15) is 5.78 Å². The van der Waals surface area contributed by atoms with E-state index in [1.165, 1.54) is 0 Å². The summed E-state index contributed by atoms with van der Waals surface area (Å²) in [6.45, 7) is 9.46. The quantitative estimate of drug-likeness (QED) is 0.672. The summed E-state index contributed by atoms with van der Waals surface area (Å²) in [5.74, 6) is 0.367. The Bertz CT molecular complexity index is 233. The summed E-state index contributed by atoms with van der Waals surface area (Å²) in [7, 11) is 0. The van der Waals surface area contributed by atoms with Crippen molar-refractivity contribution in [2.75, 3.05) is 13.2 Å². The van der Waals surface area contributed by atoms with Gasteiger partial charge in [-0.2, -0.15) is 0 Å². The minimum atomic E-state index is -0.208. The van der Waals surface area contributed by atoms with Gasteiger partial charge in [0.15, 0.2) is 0 Å². The summed E-state index contributed by atoms with van der Waals surface area (Å²) in [4.78, 5) is 11.7. The highest BCUT2D eigenvalue weighted by Gasteiger charge is 2.53. The molecule has 1 aliphatic carbocycles. The minimum Gasteiger partial charge on any atom is -0.379 e. The zero-order valence-corrected chi connectivity index (χ0v) is 10.9. The Balaban J connectivity index is 2.46. The van der Waals surface area contributed by atoms with Crippen LogP contribution in [-0.2, 0) is 14.3 Å². The van der Waals surface area contributed by atoms with Crippen LogP contribution in [0.4, 0.5) is 0 Å². The number of hydrogen-bond donors (Lipinski definition) is 0. The largest absolute Gasteiger partial charge is 0.379 e. The maximum Gasteiger partial charge on any atom is 0.144 e. The van der Waals surface area contributed by atoms with E-state index in [0.717, 1.165) is 12.8 Å². The molecule has 16 heavy (non-hydrogen) atoms. The van der Waals surface area contributed by atoms with Gasteiger partial charge in [-0.05, 0) is 26.7 Å². The van der Waals surface area contributed by atoms with Crippen LogP contribution in [0.15, 0.2) is 0 Å². The van der Waals surface area contributed by atoms with Crippen molar-refractivity contribution in [3.05, 3.63) is 0 Å². The molecule has 0 aromatic heterocycles. The number of Topliss-reactive ketones (excluding diaryl/α,β-unsaturated/α-hetero) is 1. The maximum atomic E-state index is 11.7. The van der Waals surface area contributed by atoms with Crippen LogP contribution in [0.25, 0.3) is 0 Å². The number of carbonyl (C=O) groups excluding carboxylic acids is 1. The fraction of sp³-hybridized carbons (Fsp3) is 0.923. The van der Waals surface area contributed by atoms with E-state index in [4.69, 9.17) is 9.47 Å². The third kappa shape index (κ3) is 2.46. The summed E-state index contributed by atoms with van der Waals surface area (Å²) >= 11 is 0. The van der Waals surface area contributed by atoms with E-state index in [2.05, 4.69) is 13.8 Å². The van der Waals surface area contributed by atoms with E-state index in [0.29, 0.717) is 25.4 Å². The van der Waals surface area contributed by atoms with Crippen LogP contribution in [0.3, 0.4) is 0 Å². The highest BCUT2D eigenvalue weighted by Crippen LogP contribution is 2.45. The van der Waals surface area contributed by atoms with E-state index >= 15 is 0 Å². The van der Waals surface area contributed by atoms with E-state index < -0.39 is 0 Å². The molecule has 3 heteroatoms. The lowest BCUT2D eigenvalue weighted by Gasteiger charge is -2.47. The zero-order chi connectivity index (χ0) is 12.2. The lowest BCUT2D eigenvalue weighted by molar-refractivity contribution is -0.176. The molecule has 2 atom stereocenters. The van der Waals surface area contributed by atoms with Crippen molar-refractivity contribution in [2.45, 2.75) is 59.2 Å². The molecular formula is C13H24O3. The van der Waals surface area contributed by atoms with E-state index in [1.807, 2.05) is 13.8 Å². The van der Waals surface area contributed by atoms with Gasteiger partial charge in [-0.15, -0.1) is 0 Å². The van der Waals surface area contributed by atoms with Crippen LogP contribution in [0.1, 0.15) is 47.0 Å². The van der Waals surface area contributed by atoms with Crippen LogP contribution in [0.5, 0.6) is 0 Å². The van der Waals surface area contributed by atoms with Crippen LogP contribution in [0, 0.1) is 5.41 Å². The molecule has 0 radical (unpaired) electrons. The topological polar surface area (TPSA) is 35.5 Å². The van der Waals surface area contributed by atoms with Gasteiger partial charge in [-0.3, -0.25) is 4.79 Å². The Morgan fingerprint density at radius 3 is 2.44 bits per heavy atom. The van der Waals surface area contributed by atoms with Crippen LogP contribution >= 0.6 is 0 Å². The molecule has 3 nitrogen and oxygen atoms in total. The SMILES string of the molecule is CCOCC(C)OC1CC(=O)C1(CC)CC. The second-order valence-electron chi connectivity index (χ2n) is 4.59. The van der Waals surface area contributed by atoms with Crippen molar-refractivity contribution >= 4 is 5.78 Å². The van der Waals surface area contributed by atoms with Gasteiger partial charge in [0.05, 0.1) is 24.2 Å². The molecule has 0 spiro atoms. The molecule has 0 aliphatic heterocycles. The molecule has 1 rings (SSSR count). The summed E-state index contributed by atoms with van der Waals surface area (Å²) in [6.07, 6.45) is 2.53. The van der Waals surface area contributed by atoms with Crippen molar-refractivity contribution < 1.29 is 14.3 Å². The highest BCUT2D eigenvalue weighted by molar-refractivity contribution is 5.92. The molecule has 0 N–H and O–H groups in total. The first kappa shape index (κ1) is 13.7. The third-order valence-electron chi connectivity index (χ3n) is 3.76. The molecular weight excluding hydrogens is 204 g/mol. The van der Waals surface area contributed by atoms with Gasteiger partial charge in [0.25, 0.3) is 0 Å². The molecule has 0 aromatic carbocycles. The molecule has 0 bridgehead atoms. The fourth-order valence-corrected chi connectivity index (χ4v) is 2.50. The van der Waals surface area contributed by atoms with Gasteiger partial charge in [-0.25, -0.2) is 0 Å². The van der Waals surface area contributed by atoms with Crippen LogP contribution in [-0.4, -0.2) is 31.2 Å². The van der Waals surface area contributed by atoms with Crippen LogP contribution < -0.4 is 0 Å². The van der Waals surface area contributed by atoms with Gasteiger partial charge in [-0.1, -0.05) is 13.8 Å². The molecule has 94 valence electrons. The molecule has 0 saturated heterocycles. The fourth-order valence-electron chi connectivity index (χ4n) is 2.50. The van der Waals surface area contributed by atoms with Crippen molar-refractivity contribution in [3.63, 3.8) is 0 Å². The third-order valence-corrected chi connectivity index (χ3v) is 3.76. The highest BCUT2D eigenvalue weighted by atomic mass is 16.5. The molecule has 0 heterocycles.